The van der Waals surface area contributed by atoms with Crippen molar-refractivity contribution >= 4 is 11.8 Å². The van der Waals surface area contributed by atoms with Crippen LogP contribution in [0, 0.1) is 0 Å². The highest BCUT2D eigenvalue weighted by molar-refractivity contribution is 5.84. The molecule has 0 saturated carbocycles. The van der Waals surface area contributed by atoms with Crippen LogP contribution in [0.15, 0.2) is 91.0 Å². The molecule has 4 nitrogen and oxygen atoms in total. The van der Waals surface area contributed by atoms with Crippen LogP contribution in [-0.4, -0.2) is 35.8 Å². The van der Waals surface area contributed by atoms with Gasteiger partial charge in [0.25, 0.3) is 0 Å². The summed E-state index contributed by atoms with van der Waals surface area (Å²) in [6.07, 6.45) is 2.80. The van der Waals surface area contributed by atoms with Crippen molar-refractivity contribution < 1.29 is 9.59 Å². The summed E-state index contributed by atoms with van der Waals surface area (Å²) in [7, 11) is 0. The Morgan fingerprint density at radius 1 is 0.794 bits per heavy atom. The van der Waals surface area contributed by atoms with E-state index >= 15 is 0 Å². The van der Waals surface area contributed by atoms with Gasteiger partial charge in [-0.15, -0.1) is 0 Å². The van der Waals surface area contributed by atoms with Crippen molar-refractivity contribution in [2.24, 2.45) is 0 Å². The molecule has 1 unspecified atom stereocenters. The number of rotatable bonds is 8. The first-order valence-corrected chi connectivity index (χ1v) is 12.4. The van der Waals surface area contributed by atoms with Crippen LogP contribution in [0.5, 0.6) is 0 Å². The fourth-order valence-electron chi connectivity index (χ4n) is 4.97. The lowest BCUT2D eigenvalue weighted by Gasteiger charge is -2.34. The maximum absolute atomic E-state index is 13.2. The first kappa shape index (κ1) is 23.7. The molecule has 3 aromatic rings. The third-order valence-electron chi connectivity index (χ3n) is 6.87. The Kier molecular flexibility index (Phi) is 8.13. The number of likely N-dealkylation sites (tertiary alicyclic amines) is 1. The molecule has 3 aromatic carbocycles. The van der Waals surface area contributed by atoms with Crippen LogP contribution in [0.3, 0.4) is 0 Å². The second-order valence-electron chi connectivity index (χ2n) is 9.12. The molecule has 2 amide bonds. The van der Waals surface area contributed by atoms with E-state index in [1.54, 1.807) is 0 Å². The van der Waals surface area contributed by atoms with Gasteiger partial charge in [0.05, 0.1) is 5.92 Å². The molecule has 1 aliphatic heterocycles. The summed E-state index contributed by atoms with van der Waals surface area (Å²) in [5.74, 6) is 0.204. The van der Waals surface area contributed by atoms with Gasteiger partial charge in [-0.3, -0.25) is 9.59 Å². The number of benzene rings is 3. The number of nitrogens with one attached hydrogen (secondary N) is 1. The van der Waals surface area contributed by atoms with Crippen molar-refractivity contribution in [2.45, 2.75) is 50.5 Å². The predicted octanol–water partition coefficient (Wildman–Crippen LogP) is 5.51. The Morgan fingerprint density at radius 2 is 1.26 bits per heavy atom. The molecule has 0 aliphatic carbocycles. The first-order valence-electron chi connectivity index (χ1n) is 12.4. The van der Waals surface area contributed by atoms with Crippen molar-refractivity contribution in [3.63, 3.8) is 0 Å². The van der Waals surface area contributed by atoms with Crippen LogP contribution in [-0.2, 0) is 9.59 Å². The topological polar surface area (TPSA) is 49.4 Å². The van der Waals surface area contributed by atoms with E-state index in [1.807, 2.05) is 71.6 Å². The highest BCUT2D eigenvalue weighted by atomic mass is 16.2. The van der Waals surface area contributed by atoms with Gasteiger partial charge in [-0.25, -0.2) is 0 Å². The van der Waals surface area contributed by atoms with Gasteiger partial charge >= 0.3 is 0 Å². The van der Waals surface area contributed by atoms with Crippen molar-refractivity contribution in [2.75, 3.05) is 13.1 Å². The number of hydrogen-bond donors (Lipinski definition) is 1. The fraction of sp³-hybridized carbons (Fsp3) is 0.333. The summed E-state index contributed by atoms with van der Waals surface area (Å²) < 4.78 is 0. The van der Waals surface area contributed by atoms with E-state index in [9.17, 15) is 9.59 Å². The Labute approximate surface area is 203 Å². The van der Waals surface area contributed by atoms with Crippen LogP contribution in [0.1, 0.15) is 61.1 Å². The van der Waals surface area contributed by atoms with Crippen LogP contribution < -0.4 is 5.32 Å². The minimum Gasteiger partial charge on any atom is -0.353 e. The first-order chi connectivity index (χ1) is 16.7. The average Bonchev–Trinajstić information content (AvgIpc) is 2.90. The van der Waals surface area contributed by atoms with Gasteiger partial charge in [-0.2, -0.15) is 0 Å². The smallest absolute Gasteiger partial charge is 0.230 e. The maximum atomic E-state index is 13.2. The third-order valence-corrected chi connectivity index (χ3v) is 6.87. The van der Waals surface area contributed by atoms with E-state index in [4.69, 9.17) is 0 Å². The zero-order valence-electron chi connectivity index (χ0n) is 19.9. The zero-order valence-corrected chi connectivity index (χ0v) is 19.9. The molecule has 0 aromatic heterocycles. The largest absolute Gasteiger partial charge is 0.353 e. The second-order valence-corrected chi connectivity index (χ2v) is 9.12. The molecule has 0 bridgehead atoms. The van der Waals surface area contributed by atoms with E-state index < -0.39 is 0 Å². The standard InChI is InChI=1S/C30H34N2O2/c1-2-27(23-12-6-3-7-13-23)30(34)32-20-18-26(19-21-32)31-29(33)22-28(24-14-8-4-9-15-24)25-16-10-5-11-17-25/h3-17,26-28H,2,18-22H2,1H3,(H,31,33). The normalized spacial score (nSPS) is 15.2. The molecule has 1 saturated heterocycles. The number of hydrogen-bond acceptors (Lipinski definition) is 2. The molecule has 0 radical (unpaired) electrons. The summed E-state index contributed by atoms with van der Waals surface area (Å²) >= 11 is 0. The summed E-state index contributed by atoms with van der Waals surface area (Å²) in [5.41, 5.74) is 3.38. The number of nitrogens with zero attached hydrogens (tertiary/aromatic N) is 1. The Morgan fingerprint density at radius 3 is 1.74 bits per heavy atom. The molecule has 1 heterocycles. The minimum atomic E-state index is -0.0927. The quantitative estimate of drug-likeness (QED) is 0.488. The third kappa shape index (κ3) is 5.93. The SMILES string of the molecule is CCC(C(=O)N1CCC(NC(=O)CC(c2ccccc2)c2ccccc2)CC1)c1ccccc1. The van der Waals surface area contributed by atoms with Gasteiger partial charge in [0.15, 0.2) is 0 Å². The van der Waals surface area contributed by atoms with Crippen LogP contribution in [0.4, 0.5) is 0 Å². The van der Waals surface area contributed by atoms with Gasteiger partial charge in [-0.1, -0.05) is 97.9 Å². The molecule has 1 aliphatic rings. The van der Waals surface area contributed by atoms with Gasteiger partial charge < -0.3 is 10.2 Å². The summed E-state index contributed by atoms with van der Waals surface area (Å²) in [6.45, 7) is 3.44. The molecule has 176 valence electrons. The Hall–Kier alpha value is -3.40. The monoisotopic (exact) mass is 454 g/mol. The molecular weight excluding hydrogens is 420 g/mol. The maximum Gasteiger partial charge on any atom is 0.230 e. The predicted molar refractivity (Wildman–Crippen MR) is 137 cm³/mol. The van der Waals surface area contributed by atoms with E-state index in [-0.39, 0.29) is 29.7 Å². The van der Waals surface area contributed by atoms with E-state index in [0.29, 0.717) is 19.5 Å². The van der Waals surface area contributed by atoms with E-state index in [2.05, 4.69) is 36.5 Å². The van der Waals surface area contributed by atoms with Crippen molar-refractivity contribution in [3.8, 4) is 0 Å². The van der Waals surface area contributed by atoms with Crippen molar-refractivity contribution in [1.29, 1.82) is 0 Å². The summed E-state index contributed by atoms with van der Waals surface area (Å²) in [5, 5.41) is 3.25. The summed E-state index contributed by atoms with van der Waals surface area (Å²) in [4.78, 5) is 28.2. The molecule has 1 atom stereocenters. The molecule has 4 heteroatoms. The average molecular weight is 455 g/mol. The van der Waals surface area contributed by atoms with Crippen LogP contribution >= 0.6 is 0 Å². The number of carbonyl (C=O) groups excluding carboxylic acids is 2. The fourth-order valence-corrected chi connectivity index (χ4v) is 4.97. The van der Waals surface area contributed by atoms with Crippen LogP contribution in [0.2, 0.25) is 0 Å². The molecule has 34 heavy (non-hydrogen) atoms. The van der Waals surface area contributed by atoms with Gasteiger partial charge in [-0.05, 0) is 36.0 Å². The van der Waals surface area contributed by atoms with Gasteiger partial charge in [0.1, 0.15) is 0 Å². The van der Waals surface area contributed by atoms with Crippen LogP contribution in [0.25, 0.3) is 0 Å². The van der Waals surface area contributed by atoms with E-state index in [0.717, 1.165) is 36.0 Å². The van der Waals surface area contributed by atoms with Crippen molar-refractivity contribution in [1.82, 2.24) is 10.2 Å². The Bertz CT molecular complexity index is 1010. The Balaban J connectivity index is 1.33. The zero-order chi connectivity index (χ0) is 23.8. The van der Waals surface area contributed by atoms with Gasteiger partial charge in [0, 0.05) is 31.5 Å². The van der Waals surface area contributed by atoms with Gasteiger partial charge in [0.2, 0.25) is 11.8 Å². The highest BCUT2D eigenvalue weighted by Gasteiger charge is 2.29. The molecular formula is C30H34N2O2. The summed E-state index contributed by atoms with van der Waals surface area (Å²) in [6, 6.07) is 30.6. The van der Waals surface area contributed by atoms with Crippen molar-refractivity contribution in [3.05, 3.63) is 108 Å². The highest BCUT2D eigenvalue weighted by Crippen LogP contribution is 2.28. The molecule has 0 spiro atoms. The lowest BCUT2D eigenvalue weighted by atomic mass is 9.88. The molecule has 4 rings (SSSR count). The molecule has 1 fully saturated rings. The second kappa shape index (κ2) is 11.6. The lowest BCUT2D eigenvalue weighted by Crippen LogP contribution is -2.47. The number of piperidine rings is 1. The number of amides is 2. The molecule has 1 N–H and O–H groups in total. The minimum absolute atomic E-state index is 0.0280. The van der Waals surface area contributed by atoms with E-state index in [1.165, 1.54) is 0 Å². The lowest BCUT2D eigenvalue weighted by molar-refractivity contribution is -0.134. The number of carbonyl (C=O) groups is 2.